The zero-order valence-electron chi connectivity index (χ0n) is 10.0. The minimum atomic E-state index is 0.938. The first-order valence-electron chi connectivity index (χ1n) is 5.40. The maximum absolute atomic E-state index is 5.15. The maximum atomic E-state index is 5.15. The van der Waals surface area contributed by atoms with Gasteiger partial charge in [0.1, 0.15) is 0 Å². The van der Waals surface area contributed by atoms with Crippen LogP contribution in [0.5, 0.6) is 0 Å². The molecule has 0 radical (unpaired) electrons. The van der Waals surface area contributed by atoms with Gasteiger partial charge in [-0.25, -0.2) is 0 Å². The second-order valence-corrected chi connectivity index (χ2v) is 5.12. The van der Waals surface area contributed by atoms with Crippen molar-refractivity contribution in [2.24, 2.45) is 0 Å². The van der Waals surface area contributed by atoms with Crippen LogP contribution in [-0.4, -0.2) is 0 Å². The summed E-state index contributed by atoms with van der Waals surface area (Å²) in [7, 11) is 0. The summed E-state index contributed by atoms with van der Waals surface area (Å²) in [4.78, 5) is 0. The molecule has 90 valence electrons. The third-order valence-electron chi connectivity index (χ3n) is 2.12. The molecule has 2 heteroatoms. The molecule has 0 N–H and O–H groups in total. The SMILES string of the molecule is C#C/C=C\SCc1ccccc1CS/C=C\C#C. The molecule has 0 nitrogen and oxygen atoms in total. The summed E-state index contributed by atoms with van der Waals surface area (Å²) in [5.41, 5.74) is 2.68. The first-order valence-corrected chi connectivity index (χ1v) is 7.50. The standard InChI is InChI=1S/C16H14S2/c1-3-5-11-17-13-15-9-7-8-10-16(15)14-18-12-6-4-2/h1-2,5-12H,13-14H2/b11-5-,12-6-. The van der Waals surface area contributed by atoms with Crippen LogP contribution in [-0.2, 0) is 11.5 Å². The molecule has 0 bridgehead atoms. The molecular formula is C16H14S2. The van der Waals surface area contributed by atoms with Crippen molar-refractivity contribution >= 4 is 23.5 Å². The van der Waals surface area contributed by atoms with E-state index in [0.29, 0.717) is 0 Å². The monoisotopic (exact) mass is 270 g/mol. The van der Waals surface area contributed by atoms with Gasteiger partial charge in [0.05, 0.1) is 0 Å². The van der Waals surface area contributed by atoms with E-state index in [1.807, 2.05) is 10.8 Å². The molecule has 1 aromatic rings. The second kappa shape index (κ2) is 9.54. The van der Waals surface area contributed by atoms with E-state index in [2.05, 4.69) is 36.1 Å². The first kappa shape index (κ1) is 14.6. The summed E-state index contributed by atoms with van der Waals surface area (Å²) in [6.07, 6.45) is 13.7. The Morgan fingerprint density at radius 3 is 1.72 bits per heavy atom. The van der Waals surface area contributed by atoms with Crippen molar-refractivity contribution in [3.05, 3.63) is 58.4 Å². The van der Waals surface area contributed by atoms with Crippen LogP contribution in [0, 0.1) is 24.7 Å². The van der Waals surface area contributed by atoms with Crippen molar-refractivity contribution < 1.29 is 0 Å². The van der Waals surface area contributed by atoms with Gasteiger partial charge in [0.15, 0.2) is 0 Å². The fraction of sp³-hybridized carbons (Fsp3) is 0.125. The molecule has 0 fully saturated rings. The van der Waals surface area contributed by atoms with Gasteiger partial charge in [0.2, 0.25) is 0 Å². The Kier molecular flexibility index (Phi) is 7.73. The average molecular weight is 270 g/mol. The zero-order valence-corrected chi connectivity index (χ0v) is 11.6. The van der Waals surface area contributed by atoms with Gasteiger partial charge < -0.3 is 0 Å². The molecule has 0 aliphatic rings. The molecule has 0 amide bonds. The lowest BCUT2D eigenvalue weighted by molar-refractivity contribution is 1.29. The van der Waals surface area contributed by atoms with E-state index in [9.17, 15) is 0 Å². The van der Waals surface area contributed by atoms with E-state index in [1.54, 1.807) is 35.7 Å². The lowest BCUT2D eigenvalue weighted by Gasteiger charge is -2.06. The van der Waals surface area contributed by atoms with Crippen LogP contribution in [0.4, 0.5) is 0 Å². The number of allylic oxidation sites excluding steroid dienone is 2. The summed E-state index contributed by atoms with van der Waals surface area (Å²) in [5.74, 6) is 6.84. The van der Waals surface area contributed by atoms with Gasteiger partial charge in [-0.05, 0) is 34.1 Å². The van der Waals surface area contributed by atoms with Crippen molar-refractivity contribution in [2.75, 3.05) is 0 Å². The third-order valence-corrected chi connectivity index (χ3v) is 3.73. The van der Waals surface area contributed by atoms with E-state index in [0.717, 1.165) is 11.5 Å². The Morgan fingerprint density at radius 1 is 0.889 bits per heavy atom. The van der Waals surface area contributed by atoms with Crippen LogP contribution in [0.2, 0.25) is 0 Å². The summed E-state index contributed by atoms with van der Waals surface area (Å²) in [5, 5.41) is 3.89. The van der Waals surface area contributed by atoms with Crippen molar-refractivity contribution in [1.29, 1.82) is 0 Å². The van der Waals surface area contributed by atoms with Crippen molar-refractivity contribution in [3.63, 3.8) is 0 Å². The quantitative estimate of drug-likeness (QED) is 0.701. The molecule has 0 saturated carbocycles. The van der Waals surface area contributed by atoms with Gasteiger partial charge in [-0.15, -0.1) is 36.4 Å². The van der Waals surface area contributed by atoms with Crippen LogP contribution in [0.15, 0.2) is 47.2 Å². The van der Waals surface area contributed by atoms with E-state index >= 15 is 0 Å². The maximum Gasteiger partial charge on any atom is 0.0229 e. The summed E-state index contributed by atoms with van der Waals surface area (Å²) in [6, 6.07) is 8.42. The van der Waals surface area contributed by atoms with Gasteiger partial charge in [0.25, 0.3) is 0 Å². The molecule has 0 saturated heterocycles. The van der Waals surface area contributed by atoms with E-state index < -0.39 is 0 Å². The van der Waals surface area contributed by atoms with Crippen molar-refractivity contribution in [1.82, 2.24) is 0 Å². The third kappa shape index (κ3) is 5.73. The van der Waals surface area contributed by atoms with Crippen LogP contribution >= 0.6 is 23.5 Å². The Labute approximate surface area is 118 Å². The first-order chi connectivity index (χ1) is 8.88. The fourth-order valence-corrected chi connectivity index (χ4v) is 2.75. The van der Waals surface area contributed by atoms with Crippen LogP contribution in [0.1, 0.15) is 11.1 Å². The number of rotatable bonds is 6. The Balaban J connectivity index is 2.57. The topological polar surface area (TPSA) is 0 Å². The van der Waals surface area contributed by atoms with Gasteiger partial charge in [-0.1, -0.05) is 36.1 Å². The molecule has 0 atom stereocenters. The fourth-order valence-electron chi connectivity index (χ4n) is 1.29. The molecule has 0 unspecified atom stereocenters. The molecule has 0 aromatic heterocycles. The van der Waals surface area contributed by atoms with Crippen molar-refractivity contribution in [2.45, 2.75) is 11.5 Å². The smallest absolute Gasteiger partial charge is 0.0229 e. The van der Waals surface area contributed by atoms with Gasteiger partial charge >= 0.3 is 0 Å². The number of terminal acetylenes is 2. The highest BCUT2D eigenvalue weighted by molar-refractivity contribution is 8.01. The second-order valence-electron chi connectivity index (χ2n) is 3.33. The number of hydrogen-bond donors (Lipinski definition) is 0. The minimum absolute atomic E-state index is 0.938. The largest absolute Gasteiger partial charge is 0.129 e. The molecule has 18 heavy (non-hydrogen) atoms. The predicted octanol–water partition coefficient (Wildman–Crippen LogP) is 4.45. The summed E-state index contributed by atoms with van der Waals surface area (Å²) in [6.45, 7) is 0. The lowest BCUT2D eigenvalue weighted by atomic mass is 10.1. The molecule has 0 spiro atoms. The number of benzene rings is 1. The molecule has 1 rings (SSSR count). The number of hydrogen-bond acceptors (Lipinski definition) is 2. The molecule has 0 aliphatic heterocycles. The molecular weight excluding hydrogens is 256 g/mol. The van der Waals surface area contributed by atoms with E-state index in [-0.39, 0.29) is 0 Å². The number of thioether (sulfide) groups is 2. The Bertz CT molecular complexity index is 452. The summed E-state index contributed by atoms with van der Waals surface area (Å²) < 4.78 is 0. The molecule has 0 heterocycles. The van der Waals surface area contributed by atoms with E-state index in [4.69, 9.17) is 12.8 Å². The van der Waals surface area contributed by atoms with Gasteiger partial charge in [-0.2, -0.15) is 0 Å². The Morgan fingerprint density at radius 2 is 1.33 bits per heavy atom. The van der Waals surface area contributed by atoms with Crippen LogP contribution in [0.3, 0.4) is 0 Å². The summed E-state index contributed by atoms with van der Waals surface area (Å²) >= 11 is 3.41. The van der Waals surface area contributed by atoms with Crippen LogP contribution < -0.4 is 0 Å². The normalized spacial score (nSPS) is 10.6. The molecule has 1 aromatic carbocycles. The minimum Gasteiger partial charge on any atom is -0.129 e. The highest BCUT2D eigenvalue weighted by Gasteiger charge is 2.00. The van der Waals surface area contributed by atoms with E-state index in [1.165, 1.54) is 11.1 Å². The van der Waals surface area contributed by atoms with Crippen LogP contribution in [0.25, 0.3) is 0 Å². The van der Waals surface area contributed by atoms with Gasteiger partial charge in [-0.3, -0.25) is 0 Å². The molecule has 0 aliphatic carbocycles. The highest BCUT2D eigenvalue weighted by Crippen LogP contribution is 2.21. The Hall–Kier alpha value is -1.48. The highest BCUT2D eigenvalue weighted by atomic mass is 32.2. The van der Waals surface area contributed by atoms with Crippen molar-refractivity contribution in [3.8, 4) is 24.7 Å². The predicted molar refractivity (Wildman–Crippen MR) is 85.0 cm³/mol. The lowest BCUT2D eigenvalue weighted by Crippen LogP contribution is -1.88. The zero-order chi connectivity index (χ0) is 13.1. The average Bonchev–Trinajstić information content (AvgIpc) is 2.41. The van der Waals surface area contributed by atoms with Gasteiger partial charge in [0, 0.05) is 11.5 Å².